The first kappa shape index (κ1) is 12.1. The van der Waals surface area contributed by atoms with Crippen LogP contribution in [0.3, 0.4) is 0 Å². The van der Waals surface area contributed by atoms with Crippen molar-refractivity contribution in [1.82, 2.24) is 19.5 Å². The van der Waals surface area contributed by atoms with Gasteiger partial charge in [-0.2, -0.15) is 4.98 Å². The minimum atomic E-state index is 0.724. The normalized spacial score (nSPS) is 11.1. The maximum Gasteiger partial charge on any atom is 0.227 e. The zero-order chi connectivity index (χ0) is 13.4. The molecule has 3 aromatic heterocycles. The van der Waals surface area contributed by atoms with Gasteiger partial charge in [0, 0.05) is 23.8 Å². The summed E-state index contributed by atoms with van der Waals surface area (Å²) >= 11 is 1.80. The summed E-state index contributed by atoms with van der Waals surface area (Å²) in [6.07, 6.45) is 3.53. The number of thiophene rings is 1. The lowest BCUT2D eigenvalue weighted by Crippen LogP contribution is -2.18. The molecule has 0 saturated heterocycles. The van der Waals surface area contributed by atoms with E-state index >= 15 is 0 Å². The lowest BCUT2D eigenvalue weighted by molar-refractivity contribution is 0.871. The molecule has 0 fully saturated rings. The van der Waals surface area contributed by atoms with Gasteiger partial charge in [0.15, 0.2) is 5.65 Å². The summed E-state index contributed by atoms with van der Waals surface area (Å²) in [6, 6.07) is 4.29. The molecule has 0 aliphatic heterocycles. The van der Waals surface area contributed by atoms with Crippen LogP contribution in [0.25, 0.3) is 11.2 Å². The Morgan fingerprint density at radius 3 is 2.89 bits per heavy atom. The molecular formula is C13H15N5S. The van der Waals surface area contributed by atoms with Crippen LogP contribution in [0.4, 0.5) is 5.95 Å². The fourth-order valence-electron chi connectivity index (χ4n) is 1.97. The highest BCUT2D eigenvalue weighted by Crippen LogP contribution is 2.19. The van der Waals surface area contributed by atoms with E-state index in [1.807, 2.05) is 18.7 Å². The molecule has 0 aliphatic rings. The van der Waals surface area contributed by atoms with Gasteiger partial charge in [0.25, 0.3) is 0 Å². The molecule has 0 bridgehead atoms. The van der Waals surface area contributed by atoms with Crippen LogP contribution in [-0.4, -0.2) is 26.6 Å². The number of nitrogens with zero attached hydrogens (tertiary/aromatic N) is 5. The van der Waals surface area contributed by atoms with E-state index in [0.29, 0.717) is 0 Å². The molecule has 3 rings (SSSR count). The van der Waals surface area contributed by atoms with Gasteiger partial charge in [0.05, 0.1) is 19.1 Å². The maximum atomic E-state index is 4.56. The van der Waals surface area contributed by atoms with Gasteiger partial charge >= 0.3 is 0 Å². The van der Waals surface area contributed by atoms with Gasteiger partial charge in [-0.05, 0) is 19.1 Å². The topological polar surface area (TPSA) is 46.8 Å². The van der Waals surface area contributed by atoms with Gasteiger partial charge in [-0.1, -0.05) is 0 Å². The van der Waals surface area contributed by atoms with Crippen molar-refractivity contribution in [1.29, 1.82) is 0 Å². The fourth-order valence-corrected chi connectivity index (χ4v) is 2.91. The number of hydrogen-bond acceptors (Lipinski definition) is 5. The van der Waals surface area contributed by atoms with Crippen molar-refractivity contribution in [2.45, 2.75) is 13.5 Å². The van der Waals surface area contributed by atoms with E-state index in [2.05, 4.69) is 38.9 Å². The lowest BCUT2D eigenvalue weighted by atomic mass is 10.4. The fraction of sp³-hybridized carbons (Fsp3) is 0.308. The summed E-state index contributed by atoms with van der Waals surface area (Å²) in [7, 11) is 3.95. The molecule has 0 radical (unpaired) electrons. The van der Waals surface area contributed by atoms with Crippen molar-refractivity contribution >= 4 is 28.4 Å². The number of imidazole rings is 1. The van der Waals surface area contributed by atoms with E-state index in [1.165, 1.54) is 9.75 Å². The molecule has 0 amide bonds. The predicted octanol–water partition coefficient (Wildman–Crippen LogP) is 2.37. The van der Waals surface area contributed by atoms with E-state index in [1.54, 1.807) is 23.9 Å². The first-order chi connectivity index (χ1) is 9.13. The van der Waals surface area contributed by atoms with Crippen molar-refractivity contribution in [2.75, 3.05) is 11.9 Å². The Kier molecular flexibility index (Phi) is 2.94. The van der Waals surface area contributed by atoms with Crippen LogP contribution < -0.4 is 4.90 Å². The van der Waals surface area contributed by atoms with Gasteiger partial charge in [0.1, 0.15) is 5.52 Å². The third kappa shape index (κ3) is 2.31. The van der Waals surface area contributed by atoms with E-state index in [-0.39, 0.29) is 0 Å². The lowest BCUT2D eigenvalue weighted by Gasteiger charge is -2.15. The van der Waals surface area contributed by atoms with Crippen LogP contribution in [0, 0.1) is 6.92 Å². The Balaban J connectivity index is 1.88. The molecule has 3 aromatic rings. The van der Waals surface area contributed by atoms with Gasteiger partial charge < -0.3 is 9.47 Å². The van der Waals surface area contributed by atoms with Gasteiger partial charge in [0.2, 0.25) is 5.95 Å². The standard InChI is InChI=1S/C13H15N5S/c1-9-4-5-10(19-9)7-17(2)13-14-6-11-12(16-13)18(3)8-15-11/h4-6,8H,7H2,1-3H3. The summed E-state index contributed by atoms with van der Waals surface area (Å²) in [6.45, 7) is 2.94. The number of anilines is 1. The van der Waals surface area contributed by atoms with E-state index in [0.717, 1.165) is 23.7 Å². The zero-order valence-corrected chi connectivity index (χ0v) is 12.0. The highest BCUT2D eigenvalue weighted by molar-refractivity contribution is 7.11. The molecule has 98 valence electrons. The molecule has 0 aliphatic carbocycles. The summed E-state index contributed by atoms with van der Waals surface area (Å²) < 4.78 is 1.91. The molecule has 0 saturated carbocycles. The van der Waals surface area contributed by atoms with Gasteiger partial charge in [-0.15, -0.1) is 11.3 Å². The average Bonchev–Trinajstić information content (AvgIpc) is 2.96. The minimum Gasteiger partial charge on any atom is -0.339 e. The Bertz CT molecular complexity index is 715. The highest BCUT2D eigenvalue weighted by Gasteiger charge is 2.09. The van der Waals surface area contributed by atoms with Crippen LogP contribution in [0.2, 0.25) is 0 Å². The molecule has 0 N–H and O–H groups in total. The van der Waals surface area contributed by atoms with Crippen LogP contribution in [0.5, 0.6) is 0 Å². The third-order valence-corrected chi connectivity index (χ3v) is 3.96. The molecule has 5 nitrogen and oxygen atoms in total. The summed E-state index contributed by atoms with van der Waals surface area (Å²) in [5.74, 6) is 0.724. The van der Waals surface area contributed by atoms with Crippen LogP contribution in [0.15, 0.2) is 24.7 Å². The number of rotatable bonds is 3. The first-order valence-corrected chi connectivity index (χ1v) is 6.85. The highest BCUT2D eigenvalue weighted by atomic mass is 32.1. The minimum absolute atomic E-state index is 0.724. The van der Waals surface area contributed by atoms with Crippen molar-refractivity contribution < 1.29 is 0 Å². The second kappa shape index (κ2) is 4.62. The van der Waals surface area contributed by atoms with Crippen molar-refractivity contribution in [2.24, 2.45) is 7.05 Å². The van der Waals surface area contributed by atoms with E-state index < -0.39 is 0 Å². The van der Waals surface area contributed by atoms with Crippen LogP contribution >= 0.6 is 11.3 Å². The number of fused-ring (bicyclic) bond motifs is 1. The van der Waals surface area contributed by atoms with Crippen molar-refractivity contribution in [3.63, 3.8) is 0 Å². The Morgan fingerprint density at radius 1 is 1.32 bits per heavy atom. The van der Waals surface area contributed by atoms with Crippen molar-refractivity contribution in [3.8, 4) is 0 Å². The van der Waals surface area contributed by atoms with Gasteiger partial charge in [-0.25, -0.2) is 9.97 Å². The second-order valence-corrected chi connectivity index (χ2v) is 5.98. The van der Waals surface area contributed by atoms with Gasteiger partial charge in [-0.3, -0.25) is 0 Å². The largest absolute Gasteiger partial charge is 0.339 e. The number of aromatic nitrogens is 4. The Hall–Kier alpha value is -1.95. The second-order valence-electron chi connectivity index (χ2n) is 4.60. The zero-order valence-electron chi connectivity index (χ0n) is 11.2. The molecule has 0 atom stereocenters. The molecule has 19 heavy (non-hydrogen) atoms. The molecule has 0 aromatic carbocycles. The number of aryl methyl sites for hydroxylation is 2. The maximum absolute atomic E-state index is 4.56. The van der Waals surface area contributed by atoms with Crippen molar-refractivity contribution in [3.05, 3.63) is 34.4 Å². The quantitative estimate of drug-likeness (QED) is 0.735. The summed E-state index contributed by atoms with van der Waals surface area (Å²) in [5, 5.41) is 0. The Morgan fingerprint density at radius 2 is 2.16 bits per heavy atom. The molecule has 3 heterocycles. The molecule has 0 unspecified atom stereocenters. The summed E-state index contributed by atoms with van der Waals surface area (Å²) in [5.41, 5.74) is 1.69. The average molecular weight is 273 g/mol. The summed E-state index contributed by atoms with van der Waals surface area (Å²) in [4.78, 5) is 17.8. The SMILES string of the molecule is Cc1ccc(CN(C)c2ncc3ncn(C)c3n2)s1. The van der Waals surface area contributed by atoms with Crippen LogP contribution in [-0.2, 0) is 13.6 Å². The smallest absolute Gasteiger partial charge is 0.227 e. The third-order valence-electron chi connectivity index (χ3n) is 2.97. The van der Waals surface area contributed by atoms with Crippen LogP contribution in [0.1, 0.15) is 9.75 Å². The molecule has 6 heteroatoms. The Labute approximate surface area is 115 Å². The molecular weight excluding hydrogens is 258 g/mol. The predicted molar refractivity (Wildman–Crippen MR) is 77.5 cm³/mol. The number of hydrogen-bond donors (Lipinski definition) is 0. The van der Waals surface area contributed by atoms with E-state index in [9.17, 15) is 0 Å². The first-order valence-electron chi connectivity index (χ1n) is 6.04. The monoisotopic (exact) mass is 273 g/mol. The molecule has 0 spiro atoms. The van der Waals surface area contributed by atoms with E-state index in [4.69, 9.17) is 0 Å².